The predicted octanol–water partition coefficient (Wildman–Crippen LogP) is 0.493. The topological polar surface area (TPSA) is 53.5 Å². The lowest BCUT2D eigenvalue weighted by atomic mass is 10.1. The third kappa shape index (κ3) is 1.72. The number of rotatable bonds is 1. The van der Waals surface area contributed by atoms with E-state index in [2.05, 4.69) is 10.9 Å². The van der Waals surface area contributed by atoms with Crippen LogP contribution in [0.2, 0.25) is 0 Å². The fourth-order valence-corrected chi connectivity index (χ4v) is 1.61. The Balaban J connectivity index is 2.26. The zero-order chi connectivity index (χ0) is 9.97. The average Bonchev–Trinajstić information content (AvgIpc) is 2.38. The van der Waals surface area contributed by atoms with Gasteiger partial charge in [0.05, 0.1) is 5.69 Å². The highest BCUT2D eigenvalue weighted by atomic mass is 16.5. The molecule has 1 aromatic carbocycles. The molecule has 0 bridgehead atoms. The van der Waals surface area contributed by atoms with E-state index in [4.69, 9.17) is 4.74 Å². The zero-order valence-corrected chi connectivity index (χ0v) is 8.03. The number of anilines is 1. The third-order valence-corrected chi connectivity index (χ3v) is 2.45. The molecule has 0 spiro atoms. The fourth-order valence-electron chi connectivity index (χ4n) is 1.61. The SMILES string of the molecule is COC1Cc2ccccc2NNC1O. The molecule has 0 aliphatic carbocycles. The van der Waals surface area contributed by atoms with E-state index in [0.717, 1.165) is 11.3 Å². The second-order valence-electron chi connectivity index (χ2n) is 3.35. The summed E-state index contributed by atoms with van der Waals surface area (Å²) in [7, 11) is 1.60. The Bertz CT molecular complexity index is 317. The summed E-state index contributed by atoms with van der Waals surface area (Å²) in [5.41, 5.74) is 7.88. The van der Waals surface area contributed by atoms with Crippen molar-refractivity contribution >= 4 is 5.69 Å². The summed E-state index contributed by atoms with van der Waals surface area (Å²) in [5, 5.41) is 9.62. The minimum absolute atomic E-state index is 0.217. The van der Waals surface area contributed by atoms with Crippen LogP contribution in [0.5, 0.6) is 0 Å². The summed E-state index contributed by atoms with van der Waals surface area (Å²) in [4.78, 5) is 0. The maximum Gasteiger partial charge on any atom is 0.147 e. The van der Waals surface area contributed by atoms with Crippen LogP contribution in [0.25, 0.3) is 0 Å². The highest BCUT2D eigenvalue weighted by Gasteiger charge is 2.23. The van der Waals surface area contributed by atoms with Crippen molar-refractivity contribution in [2.75, 3.05) is 12.5 Å². The summed E-state index contributed by atoms with van der Waals surface area (Å²) >= 11 is 0. The lowest BCUT2D eigenvalue weighted by Crippen LogP contribution is -2.42. The first kappa shape index (κ1) is 9.45. The molecule has 76 valence electrons. The number of para-hydroxylation sites is 1. The molecule has 4 heteroatoms. The van der Waals surface area contributed by atoms with Crippen molar-refractivity contribution in [3.05, 3.63) is 29.8 Å². The van der Waals surface area contributed by atoms with Crippen LogP contribution < -0.4 is 10.9 Å². The monoisotopic (exact) mass is 194 g/mol. The third-order valence-electron chi connectivity index (χ3n) is 2.45. The summed E-state index contributed by atoms with van der Waals surface area (Å²) in [6, 6.07) is 7.92. The van der Waals surface area contributed by atoms with Crippen LogP contribution in [0.4, 0.5) is 5.69 Å². The van der Waals surface area contributed by atoms with Crippen LogP contribution in [-0.2, 0) is 11.2 Å². The van der Waals surface area contributed by atoms with Gasteiger partial charge in [0, 0.05) is 13.5 Å². The molecule has 4 nitrogen and oxygen atoms in total. The maximum atomic E-state index is 9.62. The van der Waals surface area contributed by atoms with Crippen LogP contribution in [0.15, 0.2) is 24.3 Å². The van der Waals surface area contributed by atoms with Gasteiger partial charge in [-0.2, -0.15) is 0 Å². The van der Waals surface area contributed by atoms with Crippen molar-refractivity contribution in [3.63, 3.8) is 0 Å². The molecule has 2 unspecified atom stereocenters. The van der Waals surface area contributed by atoms with E-state index in [1.54, 1.807) is 7.11 Å². The summed E-state index contributed by atoms with van der Waals surface area (Å²) in [5.74, 6) is 0. The van der Waals surface area contributed by atoms with E-state index in [-0.39, 0.29) is 6.10 Å². The molecule has 1 heterocycles. The molecule has 1 aliphatic rings. The van der Waals surface area contributed by atoms with Crippen molar-refractivity contribution in [1.29, 1.82) is 0 Å². The molecule has 0 amide bonds. The molecular weight excluding hydrogens is 180 g/mol. The fraction of sp³-hybridized carbons (Fsp3) is 0.400. The Hall–Kier alpha value is -1.10. The number of hydrogen-bond acceptors (Lipinski definition) is 4. The molecule has 2 rings (SSSR count). The van der Waals surface area contributed by atoms with Crippen LogP contribution in [-0.4, -0.2) is 24.5 Å². The Kier molecular flexibility index (Phi) is 2.67. The first-order valence-electron chi connectivity index (χ1n) is 4.61. The minimum Gasteiger partial charge on any atom is -0.377 e. The minimum atomic E-state index is -0.688. The standard InChI is InChI=1S/C10H14N2O2/c1-14-9-6-7-4-2-3-5-8(7)11-12-10(9)13/h2-5,9-13H,6H2,1H3. The number of aliphatic hydroxyl groups excluding tert-OH is 1. The molecule has 0 fully saturated rings. The number of ether oxygens (including phenoxy) is 1. The second-order valence-corrected chi connectivity index (χ2v) is 3.35. The molecule has 1 aromatic rings. The smallest absolute Gasteiger partial charge is 0.147 e. The van der Waals surface area contributed by atoms with Gasteiger partial charge >= 0.3 is 0 Å². The van der Waals surface area contributed by atoms with Crippen LogP contribution >= 0.6 is 0 Å². The first-order chi connectivity index (χ1) is 6.81. The van der Waals surface area contributed by atoms with E-state index in [1.807, 2.05) is 24.3 Å². The van der Waals surface area contributed by atoms with Gasteiger partial charge in [-0.15, -0.1) is 0 Å². The Morgan fingerprint density at radius 1 is 1.43 bits per heavy atom. The van der Waals surface area contributed by atoms with Crippen LogP contribution in [0.1, 0.15) is 5.56 Å². The Labute approximate surface area is 82.9 Å². The number of methoxy groups -OCH3 is 1. The Morgan fingerprint density at radius 3 is 3.00 bits per heavy atom. The van der Waals surface area contributed by atoms with Crippen molar-refractivity contribution in [1.82, 2.24) is 5.43 Å². The van der Waals surface area contributed by atoms with E-state index in [0.29, 0.717) is 6.42 Å². The number of nitrogens with one attached hydrogen (secondary N) is 2. The second kappa shape index (κ2) is 3.96. The quantitative estimate of drug-likeness (QED) is 0.609. The molecule has 14 heavy (non-hydrogen) atoms. The van der Waals surface area contributed by atoms with Crippen molar-refractivity contribution in [3.8, 4) is 0 Å². The van der Waals surface area contributed by atoms with Crippen molar-refractivity contribution in [2.24, 2.45) is 0 Å². The molecule has 0 radical (unpaired) electrons. The van der Waals surface area contributed by atoms with E-state index >= 15 is 0 Å². The van der Waals surface area contributed by atoms with Gasteiger partial charge in [-0.05, 0) is 11.6 Å². The van der Waals surface area contributed by atoms with Gasteiger partial charge in [0.15, 0.2) is 0 Å². The van der Waals surface area contributed by atoms with Crippen LogP contribution in [0, 0.1) is 0 Å². The molecule has 2 atom stereocenters. The van der Waals surface area contributed by atoms with Crippen LogP contribution in [0.3, 0.4) is 0 Å². The number of aliphatic hydroxyl groups is 1. The summed E-state index contributed by atoms with van der Waals surface area (Å²) in [6.07, 6.45) is -0.202. The van der Waals surface area contributed by atoms with E-state index in [1.165, 1.54) is 0 Å². The van der Waals surface area contributed by atoms with Gasteiger partial charge in [0.1, 0.15) is 12.3 Å². The molecule has 0 aromatic heterocycles. The largest absolute Gasteiger partial charge is 0.377 e. The summed E-state index contributed by atoms with van der Waals surface area (Å²) in [6.45, 7) is 0. The number of fused-ring (bicyclic) bond motifs is 1. The van der Waals surface area contributed by atoms with Gasteiger partial charge < -0.3 is 15.3 Å². The number of benzene rings is 1. The van der Waals surface area contributed by atoms with E-state index in [9.17, 15) is 5.11 Å². The molecular formula is C10H14N2O2. The highest BCUT2D eigenvalue weighted by Crippen LogP contribution is 2.20. The van der Waals surface area contributed by atoms with Gasteiger partial charge in [0.25, 0.3) is 0 Å². The molecule has 3 N–H and O–H groups in total. The first-order valence-corrected chi connectivity index (χ1v) is 4.61. The van der Waals surface area contributed by atoms with Gasteiger partial charge in [-0.3, -0.25) is 0 Å². The zero-order valence-electron chi connectivity index (χ0n) is 8.03. The van der Waals surface area contributed by atoms with Gasteiger partial charge in [-0.1, -0.05) is 18.2 Å². The lowest BCUT2D eigenvalue weighted by molar-refractivity contribution is -0.0224. The summed E-state index contributed by atoms with van der Waals surface area (Å²) < 4.78 is 5.19. The number of hydrazine groups is 1. The van der Waals surface area contributed by atoms with Crippen molar-refractivity contribution in [2.45, 2.75) is 18.8 Å². The van der Waals surface area contributed by atoms with Gasteiger partial charge in [0.2, 0.25) is 0 Å². The van der Waals surface area contributed by atoms with Crippen molar-refractivity contribution < 1.29 is 9.84 Å². The molecule has 1 aliphatic heterocycles. The Morgan fingerprint density at radius 2 is 2.21 bits per heavy atom. The normalized spacial score (nSPS) is 26.1. The number of hydrogen-bond donors (Lipinski definition) is 3. The molecule has 0 saturated heterocycles. The molecule has 0 saturated carbocycles. The van der Waals surface area contributed by atoms with Gasteiger partial charge in [-0.25, -0.2) is 5.43 Å². The maximum absolute atomic E-state index is 9.62. The van der Waals surface area contributed by atoms with E-state index < -0.39 is 6.23 Å². The lowest BCUT2D eigenvalue weighted by Gasteiger charge is -2.18. The highest BCUT2D eigenvalue weighted by molar-refractivity contribution is 5.51. The predicted molar refractivity (Wildman–Crippen MR) is 53.7 cm³/mol. The average molecular weight is 194 g/mol.